The van der Waals surface area contributed by atoms with Crippen LogP contribution in [0.1, 0.15) is 6.92 Å². The molecular weight excluding hydrogens is 622 g/mol. The van der Waals surface area contributed by atoms with Gasteiger partial charge in [-0.3, -0.25) is 24.3 Å². The monoisotopic (exact) mass is 634 g/mol. The number of rotatable bonds is 7. The number of hydrogen-bond donors (Lipinski definition) is 2. The van der Waals surface area contributed by atoms with E-state index in [-0.39, 0.29) is 70.6 Å². The standard InChI is InChI=1S/C18H14N4O13S3.2Na/c1-8(23)19-13-6-11(36(27,28)29)2-9-3-12(37(30,31)32)7-14(17(9)13)20-21-15-4-10(22(25)26)5-16(18(15)24)38(33,34)35;;/h2-7,15H,1H3,(H,19,23)(H,27,28,29)(H,30,31,32)(H,33,34,35);;/q;2*+1/p-2. The van der Waals surface area contributed by atoms with Crippen molar-refractivity contribution in [2.45, 2.75) is 22.8 Å². The van der Waals surface area contributed by atoms with Gasteiger partial charge < -0.3 is 14.4 Å². The quantitative estimate of drug-likeness (QED) is 0.0946. The third-order valence-electron chi connectivity index (χ3n) is 4.76. The van der Waals surface area contributed by atoms with E-state index in [0.717, 1.165) is 6.92 Å². The largest absolute Gasteiger partial charge is 1.00 e. The summed E-state index contributed by atoms with van der Waals surface area (Å²) in [7, 11) is -15.7. The van der Waals surface area contributed by atoms with Gasteiger partial charge in [0, 0.05) is 24.5 Å². The van der Waals surface area contributed by atoms with Crippen molar-refractivity contribution in [1.82, 2.24) is 0 Å². The summed E-state index contributed by atoms with van der Waals surface area (Å²) in [6.07, 6.45) is 0.844. The second-order valence-electron chi connectivity index (χ2n) is 7.46. The summed E-state index contributed by atoms with van der Waals surface area (Å²) in [5.41, 5.74) is -1.99. The third-order valence-corrected chi connectivity index (χ3v) is 7.26. The van der Waals surface area contributed by atoms with Gasteiger partial charge >= 0.3 is 59.1 Å². The first-order chi connectivity index (χ1) is 17.3. The molecule has 1 aliphatic carbocycles. The van der Waals surface area contributed by atoms with Crippen molar-refractivity contribution < 1.29 is 113 Å². The molecular formula is C18H12N4Na2O13S3. The van der Waals surface area contributed by atoms with E-state index in [0.29, 0.717) is 30.3 Å². The van der Waals surface area contributed by atoms with Crippen LogP contribution in [0.3, 0.4) is 0 Å². The van der Waals surface area contributed by atoms with E-state index in [4.69, 9.17) is 0 Å². The second kappa shape index (κ2) is 12.9. The average molecular weight is 634 g/mol. The van der Waals surface area contributed by atoms with Gasteiger partial charge in [-0.15, -0.1) is 0 Å². The normalized spacial score (nSPS) is 16.0. The first kappa shape index (κ1) is 36.1. The van der Waals surface area contributed by atoms with E-state index in [1.807, 2.05) is 0 Å². The fourth-order valence-corrected chi connectivity index (χ4v) is 4.96. The van der Waals surface area contributed by atoms with Gasteiger partial charge in [-0.1, -0.05) is 0 Å². The summed E-state index contributed by atoms with van der Waals surface area (Å²) in [5, 5.41) is 19.7. The molecule has 1 unspecified atom stereocenters. The second-order valence-corrected chi connectivity index (χ2v) is 11.6. The Labute approximate surface area is 269 Å². The van der Waals surface area contributed by atoms with Gasteiger partial charge in [0.15, 0.2) is 6.04 Å². The Bertz CT molecular complexity index is 1850. The zero-order valence-corrected chi connectivity index (χ0v) is 26.9. The Kier molecular flexibility index (Phi) is 11.7. The Morgan fingerprint density at radius 2 is 1.52 bits per heavy atom. The van der Waals surface area contributed by atoms with Gasteiger partial charge in [0.25, 0.3) is 15.8 Å². The third kappa shape index (κ3) is 8.30. The maximum absolute atomic E-state index is 12.5. The predicted octanol–water partition coefficient (Wildman–Crippen LogP) is -5.42. The molecule has 0 bridgehead atoms. The molecule has 1 amide bonds. The SMILES string of the molecule is CC(=O)Nc1cc(S(=O)(=O)[O-])cc2cc(S(=O)(=O)[O-])cc(N=NC3C=C([N+](=O)[O-])C=C(S(=O)(=O)O)C3=O)c12.[Na+].[Na+]. The zero-order valence-electron chi connectivity index (χ0n) is 20.5. The molecule has 1 aliphatic rings. The Morgan fingerprint density at radius 1 is 1.00 bits per heavy atom. The summed E-state index contributed by atoms with van der Waals surface area (Å²) < 4.78 is 102. The minimum atomic E-state index is -5.26. The number of carbonyl (C=O) groups excluding carboxylic acids is 2. The summed E-state index contributed by atoms with van der Waals surface area (Å²) in [5.74, 6) is -2.25. The number of allylic oxidation sites excluding steroid dienone is 1. The molecule has 2 N–H and O–H groups in total. The molecule has 1 atom stereocenters. The number of fused-ring (bicyclic) bond motifs is 1. The van der Waals surface area contributed by atoms with Crippen molar-refractivity contribution in [2.24, 2.45) is 10.2 Å². The van der Waals surface area contributed by atoms with Gasteiger partial charge in [-0.2, -0.15) is 18.6 Å². The molecule has 3 rings (SSSR count). The fraction of sp³-hybridized carbons (Fsp3) is 0.111. The molecule has 0 saturated carbocycles. The number of benzene rings is 2. The van der Waals surface area contributed by atoms with Crippen LogP contribution in [-0.2, 0) is 39.9 Å². The Balaban J connectivity index is 0.00000400. The zero-order chi connectivity index (χ0) is 28.8. The molecule has 0 radical (unpaired) electrons. The van der Waals surface area contributed by atoms with Crippen LogP contribution in [0, 0.1) is 10.1 Å². The maximum Gasteiger partial charge on any atom is 1.00 e. The van der Waals surface area contributed by atoms with Gasteiger partial charge in [0.1, 0.15) is 25.1 Å². The maximum atomic E-state index is 12.5. The summed E-state index contributed by atoms with van der Waals surface area (Å²) in [6, 6.07) is 0.617. The number of azo groups is 1. The van der Waals surface area contributed by atoms with E-state index < -0.39 is 90.2 Å². The molecule has 202 valence electrons. The van der Waals surface area contributed by atoms with E-state index in [9.17, 15) is 58.6 Å². The van der Waals surface area contributed by atoms with Crippen molar-refractivity contribution in [3.8, 4) is 0 Å². The topological polar surface area (TPSA) is 283 Å². The van der Waals surface area contributed by atoms with E-state index in [2.05, 4.69) is 15.5 Å². The number of nitro groups is 1. The molecule has 22 heteroatoms. The van der Waals surface area contributed by atoms with Crippen LogP contribution in [0.5, 0.6) is 0 Å². The predicted molar refractivity (Wildman–Crippen MR) is 122 cm³/mol. The van der Waals surface area contributed by atoms with Gasteiger partial charge in [-0.25, -0.2) is 16.8 Å². The first-order valence-electron chi connectivity index (χ1n) is 9.60. The van der Waals surface area contributed by atoms with Crippen LogP contribution in [-0.4, -0.2) is 61.6 Å². The minimum absolute atomic E-state index is 0. The first-order valence-corrected chi connectivity index (χ1v) is 13.9. The molecule has 17 nitrogen and oxygen atoms in total. The van der Waals surface area contributed by atoms with Gasteiger partial charge in [0.2, 0.25) is 11.7 Å². The van der Waals surface area contributed by atoms with Crippen molar-refractivity contribution in [3.05, 3.63) is 57.1 Å². The molecule has 0 aliphatic heterocycles. The summed E-state index contributed by atoms with van der Waals surface area (Å²) in [4.78, 5) is 30.9. The summed E-state index contributed by atoms with van der Waals surface area (Å²) in [6.45, 7) is 0.996. The smallest absolute Gasteiger partial charge is 0.744 e. The number of ketones is 1. The van der Waals surface area contributed by atoms with Crippen molar-refractivity contribution in [1.29, 1.82) is 0 Å². The molecule has 0 heterocycles. The molecule has 0 fully saturated rings. The van der Waals surface area contributed by atoms with Crippen molar-refractivity contribution >= 4 is 64.2 Å². The number of hydrogen-bond acceptors (Lipinski definition) is 14. The summed E-state index contributed by atoms with van der Waals surface area (Å²) >= 11 is 0. The molecule has 2 aromatic carbocycles. The van der Waals surface area contributed by atoms with Crippen LogP contribution in [0.4, 0.5) is 11.4 Å². The number of nitrogens with zero attached hydrogens (tertiary/aromatic N) is 3. The number of amides is 1. The van der Waals surface area contributed by atoms with Crippen molar-refractivity contribution in [3.63, 3.8) is 0 Å². The fourth-order valence-electron chi connectivity index (χ4n) is 3.26. The van der Waals surface area contributed by atoms with Crippen LogP contribution in [0.2, 0.25) is 0 Å². The Morgan fingerprint density at radius 3 is 1.98 bits per heavy atom. The van der Waals surface area contributed by atoms with Crippen LogP contribution in [0.15, 0.2) is 67.0 Å². The van der Waals surface area contributed by atoms with Crippen LogP contribution in [0.25, 0.3) is 10.8 Å². The molecule has 40 heavy (non-hydrogen) atoms. The molecule has 0 aromatic heterocycles. The number of nitrogens with one attached hydrogen (secondary N) is 1. The molecule has 0 saturated heterocycles. The van der Waals surface area contributed by atoms with Gasteiger partial charge in [0.05, 0.1) is 26.1 Å². The van der Waals surface area contributed by atoms with E-state index >= 15 is 0 Å². The number of Topliss-reactive ketones (excluding diaryl/α,β-unsaturated/α-hetero) is 1. The Hall–Kier alpha value is -1.95. The van der Waals surface area contributed by atoms with Crippen molar-refractivity contribution in [2.75, 3.05) is 5.32 Å². The van der Waals surface area contributed by atoms with Gasteiger partial charge in [-0.05, 0) is 29.7 Å². The van der Waals surface area contributed by atoms with E-state index in [1.165, 1.54) is 0 Å². The van der Waals surface area contributed by atoms with Crippen LogP contribution >= 0.6 is 0 Å². The number of anilines is 1. The molecule has 2 aromatic rings. The number of carbonyl (C=O) groups is 2. The minimum Gasteiger partial charge on any atom is -0.744 e. The van der Waals surface area contributed by atoms with E-state index in [1.54, 1.807) is 0 Å². The van der Waals surface area contributed by atoms with Crippen LogP contribution < -0.4 is 64.4 Å². The average Bonchev–Trinajstić information content (AvgIpc) is 2.75. The molecule has 0 spiro atoms.